The Morgan fingerprint density at radius 2 is 1.95 bits per heavy atom. The van der Waals surface area contributed by atoms with Crippen LogP contribution in [0.25, 0.3) is 5.69 Å². The predicted octanol–water partition coefficient (Wildman–Crippen LogP) is 3.54. The quantitative estimate of drug-likeness (QED) is 0.906. The van der Waals surface area contributed by atoms with Gasteiger partial charge in [0, 0.05) is 23.6 Å². The molecule has 0 radical (unpaired) electrons. The van der Waals surface area contributed by atoms with Gasteiger partial charge in [-0.25, -0.2) is 0 Å². The monoisotopic (exact) mass is 270 g/mol. The van der Waals surface area contributed by atoms with Crippen LogP contribution < -0.4 is 5.32 Å². The Balaban J connectivity index is 2.41. The van der Waals surface area contributed by atoms with Crippen LogP contribution in [0.1, 0.15) is 40.7 Å². The maximum atomic E-state index is 12.2. The number of nitrogens with one attached hydrogen (secondary N) is 1. The Labute approximate surface area is 120 Å². The average Bonchev–Trinajstić information content (AvgIpc) is 2.71. The SMILES string of the molecule is CCCNC(=O)c1cc(C)n(-c2cccc(C)c2)c1C. The van der Waals surface area contributed by atoms with Crippen molar-refractivity contribution in [1.29, 1.82) is 0 Å². The predicted molar refractivity (Wildman–Crippen MR) is 82.6 cm³/mol. The van der Waals surface area contributed by atoms with Gasteiger partial charge in [0.2, 0.25) is 0 Å². The Hall–Kier alpha value is -2.03. The number of carbonyl (C=O) groups is 1. The molecule has 0 bridgehead atoms. The number of benzene rings is 1. The van der Waals surface area contributed by atoms with Crippen LogP contribution in [0, 0.1) is 20.8 Å². The molecule has 0 unspecified atom stereocenters. The molecule has 0 aliphatic carbocycles. The fraction of sp³-hybridized carbons (Fsp3) is 0.353. The summed E-state index contributed by atoms with van der Waals surface area (Å²) in [5, 5.41) is 2.94. The minimum atomic E-state index is 0.0128. The lowest BCUT2D eigenvalue weighted by Crippen LogP contribution is -2.24. The average molecular weight is 270 g/mol. The van der Waals surface area contributed by atoms with Gasteiger partial charge in [-0.2, -0.15) is 0 Å². The molecular formula is C17H22N2O. The van der Waals surface area contributed by atoms with Crippen molar-refractivity contribution in [3.05, 3.63) is 52.8 Å². The van der Waals surface area contributed by atoms with Crippen molar-refractivity contribution in [3.8, 4) is 5.69 Å². The topological polar surface area (TPSA) is 34.0 Å². The fourth-order valence-electron chi connectivity index (χ4n) is 2.49. The van der Waals surface area contributed by atoms with E-state index in [1.807, 2.05) is 26.0 Å². The highest BCUT2D eigenvalue weighted by Gasteiger charge is 2.16. The van der Waals surface area contributed by atoms with Gasteiger partial charge in [-0.15, -0.1) is 0 Å². The second-order valence-electron chi connectivity index (χ2n) is 5.22. The van der Waals surface area contributed by atoms with E-state index in [-0.39, 0.29) is 5.91 Å². The molecule has 0 saturated carbocycles. The van der Waals surface area contributed by atoms with Crippen molar-refractivity contribution in [3.63, 3.8) is 0 Å². The Morgan fingerprint density at radius 1 is 1.20 bits per heavy atom. The third-order valence-corrected chi connectivity index (χ3v) is 3.47. The minimum absolute atomic E-state index is 0.0128. The molecule has 1 aromatic heterocycles. The van der Waals surface area contributed by atoms with Crippen LogP contribution in [0.3, 0.4) is 0 Å². The van der Waals surface area contributed by atoms with Crippen molar-refractivity contribution >= 4 is 5.91 Å². The summed E-state index contributed by atoms with van der Waals surface area (Å²) in [7, 11) is 0. The smallest absolute Gasteiger partial charge is 0.253 e. The molecular weight excluding hydrogens is 248 g/mol. The van der Waals surface area contributed by atoms with E-state index >= 15 is 0 Å². The first kappa shape index (κ1) is 14.4. The van der Waals surface area contributed by atoms with Gasteiger partial charge in [0.15, 0.2) is 0 Å². The standard InChI is InChI=1S/C17H22N2O/c1-5-9-18-17(20)16-11-13(3)19(14(16)4)15-8-6-7-12(2)10-15/h6-8,10-11H,5,9H2,1-4H3,(H,18,20). The van der Waals surface area contributed by atoms with Crippen molar-refractivity contribution in [2.45, 2.75) is 34.1 Å². The minimum Gasteiger partial charge on any atom is -0.352 e. The van der Waals surface area contributed by atoms with Crippen LogP contribution >= 0.6 is 0 Å². The van der Waals surface area contributed by atoms with E-state index in [1.54, 1.807) is 0 Å². The lowest BCUT2D eigenvalue weighted by Gasteiger charge is -2.10. The maximum absolute atomic E-state index is 12.2. The first-order valence-corrected chi connectivity index (χ1v) is 7.08. The fourth-order valence-corrected chi connectivity index (χ4v) is 2.49. The maximum Gasteiger partial charge on any atom is 0.253 e. The molecule has 3 nitrogen and oxygen atoms in total. The van der Waals surface area contributed by atoms with Crippen LogP contribution in [0.4, 0.5) is 0 Å². The van der Waals surface area contributed by atoms with Gasteiger partial charge >= 0.3 is 0 Å². The summed E-state index contributed by atoms with van der Waals surface area (Å²) in [6.07, 6.45) is 0.947. The summed E-state index contributed by atoms with van der Waals surface area (Å²) in [5.74, 6) is 0.0128. The number of carbonyl (C=O) groups excluding carboxylic acids is 1. The zero-order valence-electron chi connectivity index (χ0n) is 12.7. The summed E-state index contributed by atoms with van der Waals surface area (Å²) in [6.45, 7) is 8.87. The molecule has 1 heterocycles. The van der Waals surface area contributed by atoms with E-state index in [0.717, 1.165) is 29.1 Å². The van der Waals surface area contributed by atoms with Gasteiger partial charge in [0.1, 0.15) is 0 Å². The number of nitrogens with zero attached hydrogens (tertiary/aromatic N) is 1. The zero-order chi connectivity index (χ0) is 14.7. The molecule has 2 aromatic rings. The number of amides is 1. The largest absolute Gasteiger partial charge is 0.352 e. The van der Waals surface area contributed by atoms with Crippen LogP contribution in [0.2, 0.25) is 0 Å². The van der Waals surface area contributed by atoms with Crippen molar-refractivity contribution in [2.75, 3.05) is 6.54 Å². The molecule has 20 heavy (non-hydrogen) atoms. The van der Waals surface area contributed by atoms with Crippen LogP contribution in [-0.4, -0.2) is 17.0 Å². The van der Waals surface area contributed by atoms with Gasteiger partial charge in [-0.1, -0.05) is 19.1 Å². The molecule has 0 atom stereocenters. The lowest BCUT2D eigenvalue weighted by molar-refractivity contribution is 0.0953. The van der Waals surface area contributed by atoms with E-state index in [9.17, 15) is 4.79 Å². The van der Waals surface area contributed by atoms with Crippen LogP contribution in [0.5, 0.6) is 0 Å². The Morgan fingerprint density at radius 3 is 2.60 bits per heavy atom. The lowest BCUT2D eigenvalue weighted by atomic mass is 10.2. The normalized spacial score (nSPS) is 10.6. The molecule has 1 N–H and O–H groups in total. The molecule has 0 saturated heterocycles. The highest BCUT2D eigenvalue weighted by molar-refractivity contribution is 5.95. The first-order valence-electron chi connectivity index (χ1n) is 7.08. The Bertz CT molecular complexity index is 626. The van der Waals surface area contributed by atoms with E-state index < -0.39 is 0 Å². The van der Waals surface area contributed by atoms with E-state index in [2.05, 4.69) is 41.9 Å². The van der Waals surface area contributed by atoms with Crippen molar-refractivity contribution < 1.29 is 4.79 Å². The summed E-state index contributed by atoms with van der Waals surface area (Å²) in [6, 6.07) is 10.3. The van der Waals surface area contributed by atoms with Gasteiger partial charge in [-0.05, 0) is 51.0 Å². The van der Waals surface area contributed by atoms with Gasteiger partial charge in [-0.3, -0.25) is 4.79 Å². The third-order valence-electron chi connectivity index (χ3n) is 3.47. The van der Waals surface area contributed by atoms with E-state index in [1.165, 1.54) is 5.56 Å². The Kier molecular flexibility index (Phi) is 4.28. The number of hydrogen-bond acceptors (Lipinski definition) is 1. The van der Waals surface area contributed by atoms with E-state index in [4.69, 9.17) is 0 Å². The van der Waals surface area contributed by atoms with E-state index in [0.29, 0.717) is 6.54 Å². The molecule has 0 aliphatic heterocycles. The number of rotatable bonds is 4. The molecule has 0 fully saturated rings. The number of aromatic nitrogens is 1. The second-order valence-corrected chi connectivity index (χ2v) is 5.22. The second kappa shape index (κ2) is 5.95. The third kappa shape index (κ3) is 2.77. The molecule has 3 heteroatoms. The first-order chi connectivity index (χ1) is 9.54. The molecule has 2 rings (SSSR count). The number of aryl methyl sites for hydroxylation is 2. The molecule has 0 spiro atoms. The van der Waals surface area contributed by atoms with Crippen molar-refractivity contribution in [1.82, 2.24) is 9.88 Å². The summed E-state index contributed by atoms with van der Waals surface area (Å²) >= 11 is 0. The van der Waals surface area contributed by atoms with Gasteiger partial charge in [0.25, 0.3) is 5.91 Å². The van der Waals surface area contributed by atoms with Crippen LogP contribution in [-0.2, 0) is 0 Å². The molecule has 1 amide bonds. The molecule has 106 valence electrons. The highest BCUT2D eigenvalue weighted by atomic mass is 16.1. The van der Waals surface area contributed by atoms with Crippen molar-refractivity contribution in [2.24, 2.45) is 0 Å². The van der Waals surface area contributed by atoms with Gasteiger partial charge < -0.3 is 9.88 Å². The zero-order valence-corrected chi connectivity index (χ0v) is 12.7. The summed E-state index contributed by atoms with van der Waals surface area (Å²) in [4.78, 5) is 12.2. The number of hydrogen-bond donors (Lipinski definition) is 1. The van der Waals surface area contributed by atoms with Crippen LogP contribution in [0.15, 0.2) is 30.3 Å². The highest BCUT2D eigenvalue weighted by Crippen LogP contribution is 2.21. The molecule has 1 aromatic carbocycles. The molecule has 0 aliphatic rings. The summed E-state index contributed by atoms with van der Waals surface area (Å²) in [5.41, 5.74) is 5.15. The summed E-state index contributed by atoms with van der Waals surface area (Å²) < 4.78 is 2.13. The van der Waals surface area contributed by atoms with Gasteiger partial charge in [0.05, 0.1) is 5.56 Å².